The normalized spacial score (nSPS) is 19.9. The third-order valence-electron chi connectivity index (χ3n) is 5.66. The first-order chi connectivity index (χ1) is 15.6. The number of alkyl halides is 5. The molecule has 4 heterocycles. The molecule has 0 aromatic carbocycles. The van der Waals surface area contributed by atoms with Crippen LogP contribution in [-0.2, 0) is 10.2 Å². The van der Waals surface area contributed by atoms with E-state index < -0.39 is 29.6 Å². The zero-order valence-corrected chi connectivity index (χ0v) is 17.8. The van der Waals surface area contributed by atoms with Gasteiger partial charge in [0.25, 0.3) is 6.43 Å². The molecule has 33 heavy (non-hydrogen) atoms. The summed E-state index contributed by atoms with van der Waals surface area (Å²) in [4.78, 5) is 15.7. The van der Waals surface area contributed by atoms with Crippen LogP contribution >= 0.6 is 11.6 Å². The Bertz CT molecular complexity index is 1180. The molecule has 2 aliphatic rings. The minimum absolute atomic E-state index is 0.0885. The van der Waals surface area contributed by atoms with Crippen molar-refractivity contribution in [3.05, 3.63) is 41.1 Å². The molecule has 8 nitrogen and oxygen atoms in total. The van der Waals surface area contributed by atoms with Crippen LogP contribution in [0.25, 0.3) is 5.65 Å². The van der Waals surface area contributed by atoms with Crippen LogP contribution < -0.4 is 10.2 Å². The van der Waals surface area contributed by atoms with Gasteiger partial charge in [-0.15, -0.1) is 5.10 Å². The summed E-state index contributed by atoms with van der Waals surface area (Å²) < 4.78 is 67.1. The molecule has 0 radical (unpaired) electrons. The van der Waals surface area contributed by atoms with Gasteiger partial charge in [0.1, 0.15) is 11.1 Å². The molecule has 0 spiro atoms. The lowest BCUT2D eigenvalue weighted by atomic mass is 9.80. The van der Waals surface area contributed by atoms with Crippen LogP contribution in [0.4, 0.5) is 33.3 Å². The van der Waals surface area contributed by atoms with Crippen molar-refractivity contribution in [2.24, 2.45) is 5.92 Å². The highest BCUT2D eigenvalue weighted by atomic mass is 35.5. The minimum atomic E-state index is -4.33. The van der Waals surface area contributed by atoms with Crippen LogP contribution in [0.15, 0.2) is 24.5 Å². The highest BCUT2D eigenvalue weighted by molar-refractivity contribution is 6.29. The van der Waals surface area contributed by atoms with E-state index in [9.17, 15) is 26.7 Å². The number of hydrogen-bond acceptors (Lipinski definition) is 6. The van der Waals surface area contributed by atoms with E-state index in [-0.39, 0.29) is 23.1 Å². The molecule has 0 bridgehead atoms. The molecule has 1 atom stereocenters. The largest absolute Gasteiger partial charge is 0.402 e. The lowest BCUT2D eigenvalue weighted by Gasteiger charge is -2.32. The van der Waals surface area contributed by atoms with Crippen LogP contribution in [0.3, 0.4) is 0 Å². The van der Waals surface area contributed by atoms with Crippen molar-refractivity contribution in [1.29, 1.82) is 0 Å². The molecule has 176 valence electrons. The number of likely N-dealkylation sites (N-methyl/N-ethyl adjacent to an activating group) is 1. The number of nitrogens with zero attached hydrogens (tertiary/aromatic N) is 6. The van der Waals surface area contributed by atoms with E-state index >= 15 is 0 Å². The molecule has 1 N–H and O–H groups in total. The zero-order valence-electron chi connectivity index (χ0n) is 17.0. The van der Waals surface area contributed by atoms with Gasteiger partial charge in [0, 0.05) is 19.7 Å². The molecule has 1 fully saturated rings. The van der Waals surface area contributed by atoms with Gasteiger partial charge in [0.15, 0.2) is 10.8 Å². The zero-order chi connectivity index (χ0) is 24.0. The Morgan fingerprint density at radius 1 is 1.27 bits per heavy atom. The first kappa shape index (κ1) is 23.1. The number of aromatic nitrogens is 5. The number of halogens is 6. The van der Waals surface area contributed by atoms with Gasteiger partial charge in [-0.25, -0.2) is 18.3 Å². The molecule has 5 rings (SSSR count). The van der Waals surface area contributed by atoms with Gasteiger partial charge in [0.05, 0.1) is 29.5 Å². The number of carbonyl (C=O) groups is 1. The van der Waals surface area contributed by atoms with Crippen molar-refractivity contribution < 1.29 is 26.7 Å². The number of hydrogen-bond donors (Lipinski definition) is 1. The molecular weight excluding hydrogens is 473 g/mol. The Morgan fingerprint density at radius 2 is 2.00 bits per heavy atom. The third kappa shape index (κ3) is 4.05. The summed E-state index contributed by atoms with van der Waals surface area (Å²) in [5.41, 5.74) is -1.13. The van der Waals surface area contributed by atoms with Gasteiger partial charge in [-0.2, -0.15) is 23.4 Å². The standard InChI is InChI=1S/C13H12ClF3N4.C6H5F2N3O/c1-20-6-12(7-2-3-7,13(15,16)17)11-8(20)5-18-10-4-9(14)19-21(10)11;7-6(8)5-1-4(9-3-12)2-10-11-5/h4-5,7H,2-3,6H2,1H3;1-3,6H,(H,9,11,12). The summed E-state index contributed by atoms with van der Waals surface area (Å²) >= 11 is 5.86. The second-order valence-electron chi connectivity index (χ2n) is 7.76. The summed E-state index contributed by atoms with van der Waals surface area (Å²) in [6.07, 6.45) is -2.78. The average Bonchev–Trinajstić information content (AvgIpc) is 3.45. The highest BCUT2D eigenvalue weighted by Crippen LogP contribution is 2.60. The lowest BCUT2D eigenvalue weighted by molar-refractivity contribution is -0.193. The fourth-order valence-corrected chi connectivity index (χ4v) is 4.29. The molecule has 1 saturated carbocycles. The fraction of sp³-hybridized carbons (Fsp3) is 0.421. The highest BCUT2D eigenvalue weighted by Gasteiger charge is 2.68. The number of carbonyl (C=O) groups excluding carboxylic acids is 1. The van der Waals surface area contributed by atoms with Crippen molar-refractivity contribution in [3.63, 3.8) is 0 Å². The molecule has 3 aromatic heterocycles. The first-order valence-corrected chi connectivity index (χ1v) is 10.1. The van der Waals surface area contributed by atoms with E-state index in [2.05, 4.69) is 25.6 Å². The fourth-order valence-electron chi connectivity index (χ4n) is 4.12. The molecule has 1 unspecified atom stereocenters. The van der Waals surface area contributed by atoms with E-state index in [1.54, 1.807) is 11.9 Å². The quantitative estimate of drug-likeness (QED) is 0.440. The first-order valence-electron chi connectivity index (χ1n) is 9.72. The smallest absolute Gasteiger partial charge is 0.371 e. The summed E-state index contributed by atoms with van der Waals surface area (Å²) in [6.45, 7) is -0.0885. The Kier molecular flexibility index (Phi) is 5.85. The van der Waals surface area contributed by atoms with Crippen molar-refractivity contribution in [2.75, 3.05) is 23.8 Å². The Labute approximate surface area is 188 Å². The van der Waals surface area contributed by atoms with Crippen molar-refractivity contribution in [2.45, 2.75) is 30.9 Å². The maximum atomic E-state index is 14.0. The van der Waals surface area contributed by atoms with Crippen LogP contribution in [0, 0.1) is 5.92 Å². The van der Waals surface area contributed by atoms with Crippen LogP contribution in [0.5, 0.6) is 0 Å². The SMILES string of the molecule is CN1CC(C2CC2)(C(F)(F)F)c2c1cnc1cc(Cl)nn21.O=CNc1cnnc(C(F)F)c1. The lowest BCUT2D eigenvalue weighted by Crippen LogP contribution is -2.48. The van der Waals surface area contributed by atoms with Gasteiger partial charge < -0.3 is 10.2 Å². The van der Waals surface area contributed by atoms with Crippen LogP contribution in [0.2, 0.25) is 5.15 Å². The summed E-state index contributed by atoms with van der Waals surface area (Å²) in [6, 6.07) is 2.54. The predicted octanol–water partition coefficient (Wildman–Crippen LogP) is 4.03. The number of fused-ring (bicyclic) bond motifs is 3. The van der Waals surface area contributed by atoms with Crippen molar-refractivity contribution in [1.82, 2.24) is 24.8 Å². The average molecular weight is 490 g/mol. The summed E-state index contributed by atoms with van der Waals surface area (Å²) in [7, 11) is 1.66. The maximum Gasteiger partial charge on any atom is 0.402 e. The molecule has 1 amide bonds. The Morgan fingerprint density at radius 3 is 2.61 bits per heavy atom. The van der Waals surface area contributed by atoms with Crippen LogP contribution in [-0.4, -0.2) is 51.0 Å². The molecule has 14 heteroatoms. The predicted molar refractivity (Wildman–Crippen MR) is 108 cm³/mol. The van der Waals surface area contributed by atoms with Crippen LogP contribution in [0.1, 0.15) is 30.7 Å². The number of nitrogens with one attached hydrogen (secondary N) is 1. The molecule has 1 aliphatic carbocycles. The third-order valence-corrected chi connectivity index (χ3v) is 5.84. The van der Waals surface area contributed by atoms with Crippen molar-refractivity contribution in [3.8, 4) is 0 Å². The second-order valence-corrected chi connectivity index (χ2v) is 8.15. The van der Waals surface area contributed by atoms with E-state index in [4.69, 9.17) is 11.6 Å². The van der Waals surface area contributed by atoms with Gasteiger partial charge in [-0.3, -0.25) is 4.79 Å². The molecule has 0 saturated heterocycles. The minimum Gasteiger partial charge on any atom is -0.371 e. The van der Waals surface area contributed by atoms with Gasteiger partial charge in [-0.1, -0.05) is 11.6 Å². The van der Waals surface area contributed by atoms with Gasteiger partial charge >= 0.3 is 6.18 Å². The number of amides is 1. The van der Waals surface area contributed by atoms with E-state index in [0.717, 1.165) is 6.07 Å². The Balaban J connectivity index is 0.000000185. The molecule has 3 aromatic rings. The summed E-state index contributed by atoms with van der Waals surface area (Å²) in [5.74, 6) is -0.394. The van der Waals surface area contributed by atoms with Gasteiger partial charge in [0.2, 0.25) is 6.41 Å². The second kappa shape index (κ2) is 8.36. The summed E-state index contributed by atoms with van der Waals surface area (Å²) in [5, 5.41) is 12.8. The topological polar surface area (TPSA) is 88.3 Å². The van der Waals surface area contributed by atoms with Gasteiger partial charge in [-0.05, 0) is 24.8 Å². The van der Waals surface area contributed by atoms with E-state index in [1.807, 2.05) is 0 Å². The van der Waals surface area contributed by atoms with E-state index in [0.29, 0.717) is 30.6 Å². The molecule has 1 aliphatic heterocycles. The van der Waals surface area contributed by atoms with Crippen molar-refractivity contribution >= 4 is 35.0 Å². The monoisotopic (exact) mass is 489 g/mol. The number of anilines is 2. The number of rotatable bonds is 4. The maximum absolute atomic E-state index is 14.0. The Hall–Kier alpha value is -3.09. The van der Waals surface area contributed by atoms with E-state index in [1.165, 1.54) is 23.0 Å². The molecular formula is C19H17ClF5N7O.